The predicted molar refractivity (Wildman–Crippen MR) is 105 cm³/mol. The van der Waals surface area contributed by atoms with Gasteiger partial charge in [0, 0.05) is 18.1 Å². The quantitative estimate of drug-likeness (QED) is 0.681. The van der Waals surface area contributed by atoms with Crippen LogP contribution in [0.1, 0.15) is 17.0 Å². The lowest BCUT2D eigenvalue weighted by Crippen LogP contribution is -2.36. The standard InChI is InChI=1S/C22H21N3O2/c26-21(25-19-11-5-2-6-12-19)16-24-22(27)20(18-9-3-1-4-10-18)14-17-8-7-13-23-15-17/h1-13,15,20H,14,16H2,(H,24,27)(H,25,26). The highest BCUT2D eigenvalue weighted by Gasteiger charge is 2.21. The Bertz CT molecular complexity index is 868. The Hall–Kier alpha value is -3.47. The Kier molecular flexibility index (Phi) is 6.30. The summed E-state index contributed by atoms with van der Waals surface area (Å²) >= 11 is 0. The van der Waals surface area contributed by atoms with Crippen LogP contribution in [0.15, 0.2) is 85.2 Å². The molecule has 0 aliphatic heterocycles. The van der Waals surface area contributed by atoms with Crippen molar-refractivity contribution in [2.45, 2.75) is 12.3 Å². The van der Waals surface area contributed by atoms with Gasteiger partial charge in [0.25, 0.3) is 0 Å². The fraction of sp³-hybridized carbons (Fsp3) is 0.136. The summed E-state index contributed by atoms with van der Waals surface area (Å²) in [7, 11) is 0. The van der Waals surface area contributed by atoms with Gasteiger partial charge in [-0.25, -0.2) is 0 Å². The highest BCUT2D eigenvalue weighted by atomic mass is 16.2. The number of benzene rings is 2. The van der Waals surface area contributed by atoms with Gasteiger partial charge in [0.1, 0.15) is 0 Å². The molecule has 0 spiro atoms. The minimum atomic E-state index is -0.389. The summed E-state index contributed by atoms with van der Waals surface area (Å²) < 4.78 is 0. The van der Waals surface area contributed by atoms with Crippen molar-refractivity contribution in [3.63, 3.8) is 0 Å². The molecule has 0 aliphatic carbocycles. The van der Waals surface area contributed by atoms with Gasteiger partial charge in [0.2, 0.25) is 11.8 Å². The predicted octanol–water partition coefficient (Wildman–Crippen LogP) is 3.16. The average molecular weight is 359 g/mol. The zero-order valence-corrected chi connectivity index (χ0v) is 14.8. The molecule has 0 bridgehead atoms. The maximum Gasteiger partial charge on any atom is 0.243 e. The van der Waals surface area contributed by atoms with Gasteiger partial charge in [-0.1, -0.05) is 54.6 Å². The molecule has 0 fully saturated rings. The summed E-state index contributed by atoms with van der Waals surface area (Å²) in [5.74, 6) is -0.837. The molecule has 1 heterocycles. The summed E-state index contributed by atoms with van der Waals surface area (Å²) in [6, 6.07) is 22.5. The molecule has 1 atom stereocenters. The second-order valence-corrected chi connectivity index (χ2v) is 6.16. The molecule has 0 aliphatic rings. The average Bonchev–Trinajstić information content (AvgIpc) is 2.72. The van der Waals surface area contributed by atoms with Crippen molar-refractivity contribution in [1.82, 2.24) is 10.3 Å². The van der Waals surface area contributed by atoms with E-state index >= 15 is 0 Å². The number of nitrogens with one attached hydrogen (secondary N) is 2. The van der Waals surface area contributed by atoms with Crippen molar-refractivity contribution in [2.24, 2.45) is 0 Å². The number of hydrogen-bond acceptors (Lipinski definition) is 3. The lowest BCUT2D eigenvalue weighted by Gasteiger charge is -2.17. The summed E-state index contributed by atoms with van der Waals surface area (Å²) in [6.07, 6.45) is 3.98. The lowest BCUT2D eigenvalue weighted by atomic mass is 9.92. The largest absolute Gasteiger partial charge is 0.346 e. The van der Waals surface area contributed by atoms with Crippen molar-refractivity contribution < 1.29 is 9.59 Å². The number of amides is 2. The van der Waals surface area contributed by atoms with Gasteiger partial charge < -0.3 is 10.6 Å². The Morgan fingerprint density at radius 3 is 2.26 bits per heavy atom. The van der Waals surface area contributed by atoms with E-state index in [4.69, 9.17) is 0 Å². The molecule has 2 amide bonds. The van der Waals surface area contributed by atoms with Crippen LogP contribution in [0.5, 0.6) is 0 Å². The number of aromatic nitrogens is 1. The van der Waals surface area contributed by atoms with Gasteiger partial charge in [-0.3, -0.25) is 14.6 Å². The van der Waals surface area contributed by atoms with E-state index in [1.807, 2.05) is 60.7 Å². The molecule has 0 saturated carbocycles. The van der Waals surface area contributed by atoms with Gasteiger partial charge in [-0.15, -0.1) is 0 Å². The molecule has 5 heteroatoms. The van der Waals surface area contributed by atoms with E-state index in [9.17, 15) is 9.59 Å². The molecule has 2 N–H and O–H groups in total. The van der Waals surface area contributed by atoms with E-state index < -0.39 is 0 Å². The van der Waals surface area contributed by atoms with Crippen LogP contribution >= 0.6 is 0 Å². The summed E-state index contributed by atoms with van der Waals surface area (Å²) in [4.78, 5) is 29.0. The fourth-order valence-corrected chi connectivity index (χ4v) is 2.82. The molecule has 1 aromatic heterocycles. The maximum absolute atomic E-state index is 12.8. The van der Waals surface area contributed by atoms with Crippen molar-refractivity contribution in [3.8, 4) is 0 Å². The molecule has 3 aromatic rings. The first-order valence-electron chi connectivity index (χ1n) is 8.79. The molecule has 3 rings (SSSR count). The number of carbonyl (C=O) groups excluding carboxylic acids is 2. The lowest BCUT2D eigenvalue weighted by molar-refractivity contribution is -0.125. The van der Waals surface area contributed by atoms with Gasteiger partial charge in [0.05, 0.1) is 12.5 Å². The zero-order valence-electron chi connectivity index (χ0n) is 14.8. The molecular weight excluding hydrogens is 338 g/mol. The van der Waals surface area contributed by atoms with E-state index in [1.165, 1.54) is 0 Å². The van der Waals surface area contributed by atoms with E-state index in [0.717, 1.165) is 11.1 Å². The van der Waals surface area contributed by atoms with Crippen LogP contribution in [0, 0.1) is 0 Å². The van der Waals surface area contributed by atoms with Crippen LogP contribution in [0.2, 0.25) is 0 Å². The third kappa shape index (κ3) is 5.51. The molecule has 0 radical (unpaired) electrons. The Labute approximate surface area is 158 Å². The zero-order chi connectivity index (χ0) is 18.9. The second-order valence-electron chi connectivity index (χ2n) is 6.16. The number of rotatable bonds is 7. The van der Waals surface area contributed by atoms with Crippen LogP contribution in [-0.2, 0) is 16.0 Å². The van der Waals surface area contributed by atoms with Crippen molar-refractivity contribution in [1.29, 1.82) is 0 Å². The molecule has 2 aromatic carbocycles. The minimum Gasteiger partial charge on any atom is -0.346 e. The van der Waals surface area contributed by atoms with Gasteiger partial charge in [-0.05, 0) is 35.7 Å². The first-order chi connectivity index (χ1) is 13.2. The van der Waals surface area contributed by atoms with Crippen LogP contribution in [-0.4, -0.2) is 23.3 Å². The first-order valence-corrected chi connectivity index (χ1v) is 8.79. The van der Waals surface area contributed by atoms with Gasteiger partial charge >= 0.3 is 0 Å². The number of nitrogens with zero attached hydrogens (tertiary/aromatic N) is 1. The van der Waals surface area contributed by atoms with Crippen LogP contribution in [0.25, 0.3) is 0 Å². The SMILES string of the molecule is O=C(CNC(=O)C(Cc1cccnc1)c1ccccc1)Nc1ccccc1. The monoisotopic (exact) mass is 359 g/mol. The molecular formula is C22H21N3O2. The van der Waals surface area contributed by atoms with Crippen molar-refractivity contribution in [2.75, 3.05) is 11.9 Å². The van der Waals surface area contributed by atoms with Crippen LogP contribution in [0.3, 0.4) is 0 Å². The first kappa shape index (κ1) is 18.3. The second kappa shape index (κ2) is 9.29. The number of para-hydroxylation sites is 1. The molecule has 27 heavy (non-hydrogen) atoms. The summed E-state index contributed by atoms with van der Waals surface area (Å²) in [5.41, 5.74) is 2.57. The Balaban J connectivity index is 1.65. The van der Waals surface area contributed by atoms with Crippen molar-refractivity contribution >= 4 is 17.5 Å². The van der Waals surface area contributed by atoms with Crippen molar-refractivity contribution in [3.05, 3.63) is 96.3 Å². The fourth-order valence-electron chi connectivity index (χ4n) is 2.82. The molecule has 1 unspecified atom stereocenters. The van der Waals surface area contributed by atoms with Gasteiger partial charge in [0.15, 0.2) is 0 Å². The third-order valence-electron chi connectivity index (χ3n) is 4.16. The van der Waals surface area contributed by atoms with E-state index in [-0.39, 0.29) is 24.3 Å². The maximum atomic E-state index is 12.8. The smallest absolute Gasteiger partial charge is 0.243 e. The summed E-state index contributed by atoms with van der Waals surface area (Å²) in [6.45, 7) is -0.0793. The molecule has 5 nitrogen and oxygen atoms in total. The third-order valence-corrected chi connectivity index (χ3v) is 4.16. The number of carbonyl (C=O) groups is 2. The topological polar surface area (TPSA) is 71.1 Å². The number of pyridine rings is 1. The van der Waals surface area contributed by atoms with E-state index in [2.05, 4.69) is 15.6 Å². The Morgan fingerprint density at radius 2 is 1.59 bits per heavy atom. The van der Waals surface area contributed by atoms with Crippen LogP contribution in [0.4, 0.5) is 5.69 Å². The highest BCUT2D eigenvalue weighted by molar-refractivity contribution is 5.95. The molecule has 136 valence electrons. The normalized spacial score (nSPS) is 11.4. The highest BCUT2D eigenvalue weighted by Crippen LogP contribution is 2.21. The van der Waals surface area contributed by atoms with E-state index in [1.54, 1.807) is 24.5 Å². The molecule has 0 saturated heterocycles. The number of hydrogen-bond donors (Lipinski definition) is 2. The minimum absolute atomic E-state index is 0.0793. The number of anilines is 1. The van der Waals surface area contributed by atoms with E-state index in [0.29, 0.717) is 12.1 Å². The van der Waals surface area contributed by atoms with Gasteiger partial charge in [-0.2, -0.15) is 0 Å². The summed E-state index contributed by atoms with van der Waals surface area (Å²) in [5, 5.41) is 5.51. The van der Waals surface area contributed by atoms with Crippen LogP contribution < -0.4 is 10.6 Å². The Morgan fingerprint density at radius 1 is 0.889 bits per heavy atom.